The van der Waals surface area contributed by atoms with Crippen LogP contribution in [0.15, 0.2) is 12.1 Å². The van der Waals surface area contributed by atoms with Crippen LogP contribution in [-0.2, 0) is 0 Å². The largest absolute Gasteiger partial charge is 0.493 e. The van der Waals surface area contributed by atoms with Crippen molar-refractivity contribution in [1.82, 2.24) is 9.55 Å². The van der Waals surface area contributed by atoms with E-state index in [1.54, 1.807) is 14.2 Å². The van der Waals surface area contributed by atoms with Crippen LogP contribution in [-0.4, -0.2) is 23.8 Å². The number of nitrogens with one attached hydrogen (secondary N) is 1. The number of hydrogen-bond donors (Lipinski definition) is 1. The number of ether oxygens (including phenoxy) is 2. The summed E-state index contributed by atoms with van der Waals surface area (Å²) in [5.74, 6) is 2.33. The van der Waals surface area contributed by atoms with Gasteiger partial charge < -0.3 is 19.0 Å². The summed E-state index contributed by atoms with van der Waals surface area (Å²) in [7, 11) is 3.30. The highest BCUT2D eigenvalue weighted by Gasteiger charge is 2.25. The molecular formula is C15H20N2O2S. The molecule has 3 rings (SSSR count). The Hall–Kier alpha value is -1.49. The lowest BCUT2D eigenvalue weighted by Gasteiger charge is -2.15. The number of hydrogen-bond acceptors (Lipinski definition) is 3. The number of aromatic amines is 1. The average Bonchev–Trinajstić information content (AvgIpc) is 3.17. The molecule has 1 heterocycles. The highest BCUT2D eigenvalue weighted by Crippen LogP contribution is 2.39. The van der Waals surface area contributed by atoms with Crippen LogP contribution in [0.2, 0.25) is 0 Å². The predicted molar refractivity (Wildman–Crippen MR) is 82.3 cm³/mol. The van der Waals surface area contributed by atoms with Crippen LogP contribution in [0.25, 0.3) is 11.0 Å². The van der Waals surface area contributed by atoms with Gasteiger partial charge in [0, 0.05) is 18.2 Å². The van der Waals surface area contributed by atoms with Crippen molar-refractivity contribution in [3.05, 3.63) is 16.9 Å². The Morgan fingerprint density at radius 1 is 1.30 bits per heavy atom. The molecule has 0 saturated heterocycles. The topological polar surface area (TPSA) is 39.2 Å². The third-order valence-electron chi connectivity index (χ3n) is 4.03. The molecule has 0 radical (unpaired) electrons. The zero-order chi connectivity index (χ0) is 14.3. The Balaban J connectivity index is 2.10. The van der Waals surface area contributed by atoms with E-state index in [2.05, 4.69) is 16.5 Å². The summed E-state index contributed by atoms with van der Waals surface area (Å²) in [6, 6.07) is 4.36. The maximum Gasteiger partial charge on any atom is 0.178 e. The summed E-state index contributed by atoms with van der Waals surface area (Å²) in [6.45, 7) is 2.23. The molecule has 0 amide bonds. The van der Waals surface area contributed by atoms with Crippen molar-refractivity contribution in [2.75, 3.05) is 14.2 Å². The first-order chi connectivity index (χ1) is 9.63. The molecule has 1 unspecified atom stereocenters. The number of rotatable bonds is 5. The van der Waals surface area contributed by atoms with Gasteiger partial charge >= 0.3 is 0 Å². The van der Waals surface area contributed by atoms with Crippen molar-refractivity contribution in [1.29, 1.82) is 0 Å². The monoisotopic (exact) mass is 292 g/mol. The van der Waals surface area contributed by atoms with E-state index in [4.69, 9.17) is 21.7 Å². The van der Waals surface area contributed by atoms with E-state index in [0.29, 0.717) is 6.04 Å². The van der Waals surface area contributed by atoms with Gasteiger partial charge in [-0.15, -0.1) is 0 Å². The average molecular weight is 292 g/mol. The molecule has 1 aliphatic carbocycles. The summed E-state index contributed by atoms with van der Waals surface area (Å²) >= 11 is 5.49. The minimum atomic E-state index is 0.404. The molecule has 0 bridgehead atoms. The second kappa shape index (κ2) is 5.13. The number of aromatic nitrogens is 2. The molecular weight excluding hydrogens is 272 g/mol. The van der Waals surface area contributed by atoms with E-state index in [1.807, 2.05) is 12.1 Å². The van der Waals surface area contributed by atoms with Crippen LogP contribution in [0.4, 0.5) is 0 Å². The van der Waals surface area contributed by atoms with Crippen LogP contribution in [0.5, 0.6) is 11.5 Å². The zero-order valence-corrected chi connectivity index (χ0v) is 12.9. The summed E-state index contributed by atoms with van der Waals surface area (Å²) in [4.78, 5) is 3.27. The van der Waals surface area contributed by atoms with Crippen molar-refractivity contribution in [3.63, 3.8) is 0 Å². The summed E-state index contributed by atoms with van der Waals surface area (Å²) in [6.07, 6.45) is 3.91. The maximum absolute atomic E-state index is 5.49. The molecule has 1 atom stereocenters. The lowest BCUT2D eigenvalue weighted by Crippen LogP contribution is -2.06. The molecule has 5 heteroatoms. The Morgan fingerprint density at radius 2 is 1.95 bits per heavy atom. The van der Waals surface area contributed by atoms with Gasteiger partial charge in [0.2, 0.25) is 0 Å². The SMILES string of the molecule is COc1cc2[nH]c(=S)n(C(C)CC3CC3)c2cc1OC. The van der Waals surface area contributed by atoms with E-state index in [-0.39, 0.29) is 0 Å². The molecule has 1 aromatic carbocycles. The van der Waals surface area contributed by atoms with Gasteiger partial charge in [0.25, 0.3) is 0 Å². The Kier molecular flexibility index (Phi) is 3.46. The van der Waals surface area contributed by atoms with Crippen LogP contribution >= 0.6 is 12.2 Å². The van der Waals surface area contributed by atoms with Gasteiger partial charge in [-0.1, -0.05) is 12.8 Å². The van der Waals surface area contributed by atoms with Crippen LogP contribution in [0.3, 0.4) is 0 Å². The molecule has 0 spiro atoms. The number of methoxy groups -OCH3 is 2. The van der Waals surface area contributed by atoms with Gasteiger partial charge in [-0.2, -0.15) is 0 Å². The van der Waals surface area contributed by atoms with E-state index in [9.17, 15) is 0 Å². The zero-order valence-electron chi connectivity index (χ0n) is 12.1. The fourth-order valence-electron chi connectivity index (χ4n) is 2.83. The van der Waals surface area contributed by atoms with E-state index in [0.717, 1.165) is 33.2 Å². The van der Waals surface area contributed by atoms with E-state index in [1.165, 1.54) is 19.3 Å². The van der Waals surface area contributed by atoms with Crippen LogP contribution < -0.4 is 9.47 Å². The number of nitrogens with zero attached hydrogens (tertiary/aromatic N) is 1. The maximum atomic E-state index is 5.49. The Labute approximate surface area is 123 Å². The van der Waals surface area contributed by atoms with Crippen molar-refractivity contribution in [2.24, 2.45) is 5.92 Å². The van der Waals surface area contributed by atoms with Gasteiger partial charge in [0.1, 0.15) is 0 Å². The highest BCUT2D eigenvalue weighted by molar-refractivity contribution is 7.71. The molecule has 1 aliphatic rings. The Bertz CT molecular complexity index is 685. The molecule has 1 aromatic heterocycles. The minimum absolute atomic E-state index is 0.404. The quantitative estimate of drug-likeness (QED) is 0.844. The predicted octanol–water partition coefficient (Wildman–Crippen LogP) is 4.08. The second-order valence-corrected chi connectivity index (χ2v) is 5.94. The van der Waals surface area contributed by atoms with Gasteiger partial charge in [-0.25, -0.2) is 0 Å². The van der Waals surface area contributed by atoms with Gasteiger partial charge in [-0.05, 0) is 31.5 Å². The van der Waals surface area contributed by atoms with Crippen molar-refractivity contribution < 1.29 is 9.47 Å². The third kappa shape index (κ3) is 2.30. The number of fused-ring (bicyclic) bond motifs is 1. The van der Waals surface area contributed by atoms with E-state index >= 15 is 0 Å². The molecule has 1 fully saturated rings. The Morgan fingerprint density at radius 3 is 2.55 bits per heavy atom. The number of benzene rings is 1. The van der Waals surface area contributed by atoms with Gasteiger partial charge in [0.15, 0.2) is 16.3 Å². The first kappa shape index (κ1) is 13.5. The van der Waals surface area contributed by atoms with Crippen molar-refractivity contribution in [3.8, 4) is 11.5 Å². The van der Waals surface area contributed by atoms with Crippen molar-refractivity contribution in [2.45, 2.75) is 32.2 Å². The molecule has 0 aliphatic heterocycles. The van der Waals surface area contributed by atoms with Crippen LogP contribution in [0, 0.1) is 10.7 Å². The molecule has 108 valence electrons. The highest BCUT2D eigenvalue weighted by atomic mass is 32.1. The molecule has 2 aromatic rings. The van der Waals surface area contributed by atoms with E-state index < -0.39 is 0 Å². The normalized spacial score (nSPS) is 16.4. The van der Waals surface area contributed by atoms with Gasteiger partial charge in [0.05, 0.1) is 25.3 Å². The fourth-order valence-corrected chi connectivity index (χ4v) is 3.22. The summed E-state index contributed by atoms with van der Waals surface area (Å²) in [5.41, 5.74) is 2.08. The molecule has 1 saturated carbocycles. The number of H-pyrrole nitrogens is 1. The third-order valence-corrected chi connectivity index (χ3v) is 4.33. The second-order valence-electron chi connectivity index (χ2n) is 5.55. The molecule has 4 nitrogen and oxygen atoms in total. The molecule has 1 N–H and O–H groups in total. The number of imidazole rings is 1. The summed E-state index contributed by atoms with van der Waals surface area (Å²) in [5, 5.41) is 0. The molecule has 20 heavy (non-hydrogen) atoms. The first-order valence-corrected chi connectivity index (χ1v) is 7.41. The standard InChI is InChI=1S/C15H20N2O2S/c1-9(6-10-4-5-10)17-12-8-14(19-3)13(18-2)7-11(12)16-15(17)20/h7-10H,4-6H2,1-3H3,(H,16,20). The minimum Gasteiger partial charge on any atom is -0.493 e. The van der Waals surface area contributed by atoms with Crippen LogP contribution in [0.1, 0.15) is 32.2 Å². The van der Waals surface area contributed by atoms with Crippen molar-refractivity contribution >= 4 is 23.3 Å². The first-order valence-electron chi connectivity index (χ1n) is 7.00. The lowest BCUT2D eigenvalue weighted by atomic mass is 10.1. The van der Waals surface area contributed by atoms with Gasteiger partial charge in [-0.3, -0.25) is 0 Å². The lowest BCUT2D eigenvalue weighted by molar-refractivity contribution is 0.355. The smallest absolute Gasteiger partial charge is 0.178 e. The fraction of sp³-hybridized carbons (Fsp3) is 0.533. The summed E-state index contributed by atoms with van der Waals surface area (Å²) < 4.78 is 13.7.